The summed E-state index contributed by atoms with van der Waals surface area (Å²) < 4.78 is 5.02. The first-order valence-corrected chi connectivity index (χ1v) is 7.14. The average Bonchev–Trinajstić information content (AvgIpc) is 2.84. The Balaban J connectivity index is 1.73. The second-order valence-electron chi connectivity index (χ2n) is 5.09. The summed E-state index contributed by atoms with van der Waals surface area (Å²) in [4.78, 5) is 21.9. The second kappa shape index (κ2) is 7.39. The van der Waals surface area contributed by atoms with E-state index < -0.39 is 4.92 Å². The fraction of sp³-hybridized carbons (Fsp3) is 0.333. The Kier molecular flexibility index (Phi) is 5.29. The molecule has 2 amide bonds. The summed E-state index contributed by atoms with van der Waals surface area (Å²) in [5.74, 6) is 0.689. The summed E-state index contributed by atoms with van der Waals surface area (Å²) in [7, 11) is 0. The molecule has 0 aliphatic heterocycles. The molecule has 0 aliphatic carbocycles. The van der Waals surface area contributed by atoms with Gasteiger partial charge in [-0.2, -0.15) is 0 Å². The maximum atomic E-state index is 11.7. The predicted molar refractivity (Wildman–Crippen MR) is 83.0 cm³/mol. The summed E-state index contributed by atoms with van der Waals surface area (Å²) in [6.07, 6.45) is 0.594. The molecule has 2 rings (SSSR count). The van der Waals surface area contributed by atoms with E-state index in [4.69, 9.17) is 4.52 Å². The van der Waals surface area contributed by atoms with Gasteiger partial charge in [0.1, 0.15) is 5.76 Å². The zero-order valence-corrected chi connectivity index (χ0v) is 13.0. The maximum absolute atomic E-state index is 11.7. The molecule has 1 aromatic heterocycles. The van der Waals surface area contributed by atoms with Gasteiger partial charge in [-0.1, -0.05) is 17.3 Å². The number of nitrogens with zero attached hydrogens (tertiary/aromatic N) is 2. The number of nitro benzene ring substituents is 1. The van der Waals surface area contributed by atoms with E-state index in [2.05, 4.69) is 15.8 Å². The van der Waals surface area contributed by atoms with Crippen LogP contribution in [0.25, 0.3) is 0 Å². The molecule has 0 unspecified atom stereocenters. The highest BCUT2D eigenvalue weighted by Crippen LogP contribution is 2.12. The van der Waals surface area contributed by atoms with Crippen molar-refractivity contribution < 1.29 is 14.2 Å². The first-order valence-electron chi connectivity index (χ1n) is 7.14. The van der Waals surface area contributed by atoms with Crippen LogP contribution in [-0.2, 0) is 13.0 Å². The van der Waals surface area contributed by atoms with E-state index in [1.54, 1.807) is 19.1 Å². The molecule has 0 spiro atoms. The van der Waals surface area contributed by atoms with Crippen molar-refractivity contribution in [1.82, 2.24) is 15.8 Å². The Labute approximate surface area is 133 Å². The summed E-state index contributed by atoms with van der Waals surface area (Å²) >= 11 is 0. The molecule has 23 heavy (non-hydrogen) atoms. The molecule has 0 radical (unpaired) electrons. The van der Waals surface area contributed by atoms with Crippen molar-refractivity contribution in [2.45, 2.75) is 26.8 Å². The van der Waals surface area contributed by atoms with E-state index >= 15 is 0 Å². The number of hydrogen-bond donors (Lipinski definition) is 2. The molecule has 1 heterocycles. The second-order valence-corrected chi connectivity index (χ2v) is 5.09. The number of non-ortho nitro benzene ring substituents is 1. The van der Waals surface area contributed by atoms with Gasteiger partial charge < -0.3 is 15.2 Å². The molecule has 0 atom stereocenters. The lowest BCUT2D eigenvalue weighted by Gasteiger charge is -2.07. The third-order valence-corrected chi connectivity index (χ3v) is 3.45. The van der Waals surface area contributed by atoms with Crippen molar-refractivity contribution in [2.75, 3.05) is 6.54 Å². The number of hydrogen-bond acceptors (Lipinski definition) is 5. The van der Waals surface area contributed by atoms with Crippen LogP contribution in [0.3, 0.4) is 0 Å². The van der Waals surface area contributed by atoms with Crippen LogP contribution in [0.15, 0.2) is 28.8 Å². The Morgan fingerprint density at radius 1 is 1.26 bits per heavy atom. The van der Waals surface area contributed by atoms with Crippen molar-refractivity contribution in [3.63, 3.8) is 0 Å². The fourth-order valence-electron chi connectivity index (χ4n) is 2.09. The molecule has 0 saturated carbocycles. The monoisotopic (exact) mass is 318 g/mol. The van der Waals surface area contributed by atoms with Gasteiger partial charge in [-0.05, 0) is 25.8 Å². The topological polar surface area (TPSA) is 110 Å². The molecule has 122 valence electrons. The fourth-order valence-corrected chi connectivity index (χ4v) is 2.09. The molecule has 0 fully saturated rings. The van der Waals surface area contributed by atoms with Gasteiger partial charge in [-0.3, -0.25) is 10.1 Å². The van der Waals surface area contributed by atoms with Crippen LogP contribution in [0.4, 0.5) is 10.5 Å². The molecule has 1 aromatic carbocycles. The maximum Gasteiger partial charge on any atom is 0.315 e. The lowest BCUT2D eigenvalue weighted by molar-refractivity contribution is -0.384. The molecular formula is C15H18N4O4. The number of aryl methyl sites for hydroxylation is 2. The summed E-state index contributed by atoms with van der Waals surface area (Å²) in [5.41, 5.74) is 2.60. The van der Waals surface area contributed by atoms with E-state index in [1.165, 1.54) is 12.1 Å². The third-order valence-electron chi connectivity index (χ3n) is 3.45. The summed E-state index contributed by atoms with van der Waals surface area (Å²) in [6, 6.07) is 5.98. The Bertz CT molecular complexity index is 675. The molecule has 0 bridgehead atoms. The molecule has 0 saturated heterocycles. The minimum atomic E-state index is -0.440. The van der Waals surface area contributed by atoms with Crippen LogP contribution in [-0.4, -0.2) is 22.7 Å². The van der Waals surface area contributed by atoms with Crippen LogP contribution in [0.1, 0.15) is 22.6 Å². The van der Waals surface area contributed by atoms with Crippen LogP contribution in [0.2, 0.25) is 0 Å². The lowest BCUT2D eigenvalue weighted by atomic mass is 10.1. The van der Waals surface area contributed by atoms with Gasteiger partial charge in [0.15, 0.2) is 0 Å². The van der Waals surface area contributed by atoms with Crippen molar-refractivity contribution >= 4 is 11.7 Å². The number of carbonyl (C=O) groups is 1. The molecule has 2 N–H and O–H groups in total. The highest BCUT2D eigenvalue weighted by molar-refractivity contribution is 5.73. The SMILES string of the molecule is Cc1noc(C)c1CNC(=O)NCCc1ccc([N+](=O)[O-])cc1. The van der Waals surface area contributed by atoms with Crippen molar-refractivity contribution in [2.24, 2.45) is 0 Å². The van der Waals surface area contributed by atoms with E-state index in [1.807, 2.05) is 6.92 Å². The van der Waals surface area contributed by atoms with Crippen LogP contribution in [0, 0.1) is 24.0 Å². The first kappa shape index (κ1) is 16.5. The van der Waals surface area contributed by atoms with Crippen LogP contribution >= 0.6 is 0 Å². The number of nitro groups is 1. The first-order chi connectivity index (χ1) is 11.0. The molecule has 2 aromatic rings. The highest BCUT2D eigenvalue weighted by atomic mass is 16.6. The summed E-state index contributed by atoms with van der Waals surface area (Å²) in [5, 5.41) is 19.9. The van der Waals surface area contributed by atoms with Gasteiger partial charge in [-0.15, -0.1) is 0 Å². The van der Waals surface area contributed by atoms with Gasteiger partial charge in [0.25, 0.3) is 5.69 Å². The standard InChI is InChI=1S/C15H18N4O4/c1-10-14(11(2)23-18-10)9-17-15(20)16-8-7-12-3-5-13(6-4-12)19(21)22/h3-6H,7-9H2,1-2H3,(H2,16,17,20). The number of benzene rings is 1. The van der Waals surface area contributed by atoms with Crippen molar-refractivity contribution in [3.8, 4) is 0 Å². The largest absolute Gasteiger partial charge is 0.361 e. The van der Waals surface area contributed by atoms with E-state index in [0.717, 1.165) is 16.8 Å². The zero-order valence-electron chi connectivity index (χ0n) is 13.0. The number of nitrogens with one attached hydrogen (secondary N) is 2. The lowest BCUT2D eigenvalue weighted by Crippen LogP contribution is -2.36. The number of carbonyl (C=O) groups excluding carboxylic acids is 1. The number of aromatic nitrogens is 1. The molecular weight excluding hydrogens is 300 g/mol. The Morgan fingerprint density at radius 3 is 2.52 bits per heavy atom. The van der Waals surface area contributed by atoms with Gasteiger partial charge >= 0.3 is 6.03 Å². The van der Waals surface area contributed by atoms with E-state index in [-0.39, 0.29) is 11.7 Å². The number of rotatable bonds is 6. The zero-order chi connectivity index (χ0) is 16.8. The van der Waals surface area contributed by atoms with Crippen molar-refractivity contribution in [3.05, 3.63) is 57.0 Å². The molecule has 0 aliphatic rings. The van der Waals surface area contributed by atoms with E-state index in [0.29, 0.717) is 25.3 Å². The van der Waals surface area contributed by atoms with Crippen LogP contribution < -0.4 is 10.6 Å². The predicted octanol–water partition coefficient (Wildman–Crippen LogP) is 2.24. The normalized spacial score (nSPS) is 10.3. The smallest absolute Gasteiger partial charge is 0.315 e. The summed E-state index contributed by atoms with van der Waals surface area (Å²) in [6.45, 7) is 4.40. The van der Waals surface area contributed by atoms with Crippen LogP contribution in [0.5, 0.6) is 0 Å². The van der Waals surface area contributed by atoms with E-state index in [9.17, 15) is 14.9 Å². The van der Waals surface area contributed by atoms with Gasteiger partial charge in [0.05, 0.1) is 10.6 Å². The highest BCUT2D eigenvalue weighted by Gasteiger charge is 2.10. The number of amides is 2. The number of urea groups is 1. The quantitative estimate of drug-likeness (QED) is 0.627. The Hall–Kier alpha value is -2.90. The van der Waals surface area contributed by atoms with Gasteiger partial charge in [-0.25, -0.2) is 4.79 Å². The molecule has 8 heteroatoms. The van der Waals surface area contributed by atoms with Gasteiger partial charge in [0, 0.05) is 30.8 Å². The third kappa shape index (κ3) is 4.53. The van der Waals surface area contributed by atoms with Gasteiger partial charge in [0.2, 0.25) is 0 Å². The molecule has 8 nitrogen and oxygen atoms in total. The van der Waals surface area contributed by atoms with Crippen molar-refractivity contribution in [1.29, 1.82) is 0 Å². The Morgan fingerprint density at radius 2 is 1.96 bits per heavy atom. The minimum Gasteiger partial charge on any atom is -0.361 e. The average molecular weight is 318 g/mol. The minimum absolute atomic E-state index is 0.0545.